The summed E-state index contributed by atoms with van der Waals surface area (Å²) in [7, 11) is -2.60. The van der Waals surface area contributed by atoms with Crippen molar-refractivity contribution in [3.63, 3.8) is 0 Å². The lowest BCUT2D eigenvalue weighted by Crippen LogP contribution is -2.55. The van der Waals surface area contributed by atoms with Crippen LogP contribution < -0.4 is 24.4 Å². The van der Waals surface area contributed by atoms with Crippen molar-refractivity contribution in [1.82, 2.24) is 34.4 Å². The fourth-order valence-electron chi connectivity index (χ4n) is 11.2. The summed E-state index contributed by atoms with van der Waals surface area (Å²) < 4.78 is 42.2. The van der Waals surface area contributed by atoms with Crippen molar-refractivity contribution in [3.05, 3.63) is 100 Å². The van der Waals surface area contributed by atoms with E-state index in [1.807, 2.05) is 6.07 Å². The van der Waals surface area contributed by atoms with Crippen LogP contribution in [-0.2, 0) is 10.0 Å². The molecular formula is C48H56N10O7S. The molecule has 17 nitrogen and oxygen atoms in total. The number of likely N-dealkylation sites (tertiary alicyclic amines) is 1. The molecule has 6 aliphatic rings. The number of pyridine rings is 2. The number of carbonyl (C=O) groups excluding carboxylic acids is 1. The minimum absolute atomic E-state index is 0.0152. The van der Waals surface area contributed by atoms with Gasteiger partial charge in [-0.15, -0.1) is 0 Å². The van der Waals surface area contributed by atoms with E-state index in [0.717, 1.165) is 81.7 Å². The first-order valence-corrected chi connectivity index (χ1v) is 24.9. The molecule has 18 heteroatoms. The average molecular weight is 917 g/mol. The Bertz CT molecular complexity index is 2770. The number of piperidine rings is 1. The molecule has 3 aromatic heterocycles. The molecule has 0 bridgehead atoms. The number of nitrogens with zero attached hydrogens (tertiary/aromatic N) is 7. The second-order valence-electron chi connectivity index (χ2n) is 19.3. The maximum atomic E-state index is 14.0. The number of rotatable bonds is 12. The first-order valence-electron chi connectivity index (χ1n) is 23.4. The van der Waals surface area contributed by atoms with Crippen molar-refractivity contribution in [2.75, 3.05) is 76.2 Å². The molecule has 11 rings (SSSR count). The van der Waals surface area contributed by atoms with E-state index in [9.17, 15) is 23.3 Å². The summed E-state index contributed by atoms with van der Waals surface area (Å²) in [5, 5.41) is 16.4. The van der Waals surface area contributed by atoms with E-state index in [-0.39, 0.29) is 35.5 Å². The number of piperazine rings is 1. The van der Waals surface area contributed by atoms with Gasteiger partial charge >= 0.3 is 0 Å². The van der Waals surface area contributed by atoms with E-state index in [4.69, 9.17) is 9.47 Å². The van der Waals surface area contributed by atoms with Gasteiger partial charge in [0.25, 0.3) is 21.6 Å². The number of aromatic nitrogens is 3. The summed E-state index contributed by atoms with van der Waals surface area (Å²) in [4.78, 5) is 46.9. The molecule has 346 valence electrons. The highest BCUT2D eigenvalue weighted by atomic mass is 32.2. The highest BCUT2D eigenvalue weighted by molar-refractivity contribution is 7.90. The number of nitro benzene ring substituents is 1. The van der Waals surface area contributed by atoms with E-state index in [1.54, 1.807) is 35.7 Å². The van der Waals surface area contributed by atoms with Gasteiger partial charge in [-0.2, -0.15) is 0 Å². The molecule has 0 radical (unpaired) electrons. The van der Waals surface area contributed by atoms with Crippen LogP contribution in [0, 0.1) is 15.5 Å². The molecule has 2 atom stereocenters. The van der Waals surface area contributed by atoms with Crippen molar-refractivity contribution in [2.24, 2.45) is 5.41 Å². The highest BCUT2D eigenvalue weighted by Gasteiger charge is 2.50. The number of anilines is 2. The summed E-state index contributed by atoms with van der Waals surface area (Å²) in [6.07, 6.45) is 14.4. The molecular weight excluding hydrogens is 861 g/mol. The molecule has 3 saturated heterocycles. The largest absolute Gasteiger partial charge is 0.489 e. The monoisotopic (exact) mass is 916 g/mol. The maximum absolute atomic E-state index is 14.0. The Hall–Kier alpha value is -5.82. The molecule has 3 N–H and O–H groups in total. The lowest BCUT2D eigenvalue weighted by Gasteiger charge is -2.56. The molecule has 66 heavy (non-hydrogen) atoms. The van der Waals surface area contributed by atoms with Gasteiger partial charge in [-0.1, -0.05) is 24.3 Å². The van der Waals surface area contributed by atoms with E-state index < -0.39 is 31.4 Å². The van der Waals surface area contributed by atoms with E-state index in [0.29, 0.717) is 35.4 Å². The van der Waals surface area contributed by atoms with Crippen molar-refractivity contribution in [3.8, 4) is 17.2 Å². The summed E-state index contributed by atoms with van der Waals surface area (Å²) in [6.45, 7) is 7.13. The van der Waals surface area contributed by atoms with Gasteiger partial charge in [0.2, 0.25) is 0 Å². The topological polar surface area (TPSA) is 191 Å². The third-order valence-electron chi connectivity index (χ3n) is 15.0. The van der Waals surface area contributed by atoms with Crippen LogP contribution >= 0.6 is 0 Å². The van der Waals surface area contributed by atoms with Crippen LogP contribution in [0.15, 0.2) is 78.1 Å². The molecule has 2 aromatic carbocycles. The number of nitro groups is 1. The summed E-state index contributed by atoms with van der Waals surface area (Å²) in [5.41, 5.74) is 4.18. The van der Waals surface area contributed by atoms with Crippen molar-refractivity contribution < 1.29 is 27.6 Å². The van der Waals surface area contributed by atoms with Crippen LogP contribution in [-0.4, -0.2) is 127 Å². The molecule has 7 heterocycles. The van der Waals surface area contributed by atoms with Gasteiger partial charge in [-0.05, 0) is 99.6 Å². The molecule has 5 fully saturated rings. The standard InChI is InChI=1S/C48H56N10O7S/c1-54-17-19-55(20-18-54)29-33-30-64-42-24-37(23-41(58(60)61)44(42)52-33)66(62,63)53-47(59)45-43(65-36-21-32-10-13-49-46(32)51-28-36)22-34(27-50-45)56-15-11-48(12-16-56)25-35(26-48)57-14-4-7-40(57)39-6-3-2-5-38(39)31-8-9-31/h2-3,5-6,10,13,21-24,27-28,31,33,35,40,52H,4,7-9,11-12,14-20,25-26,29-30H2,1H3,(H,49,51)(H,53,59)/t33-,40?/m0/s1. The maximum Gasteiger partial charge on any atom is 0.297 e. The molecule has 5 aromatic rings. The Balaban J connectivity index is 0.795. The fraction of sp³-hybridized carbons (Fsp3) is 0.479. The first kappa shape index (κ1) is 42.8. The van der Waals surface area contributed by atoms with Gasteiger partial charge in [0.15, 0.2) is 22.9 Å². The quantitative estimate of drug-likeness (QED) is 0.0889. The molecule has 2 aliphatic carbocycles. The second kappa shape index (κ2) is 17.1. The van der Waals surface area contributed by atoms with Crippen LogP contribution in [0.3, 0.4) is 0 Å². The van der Waals surface area contributed by atoms with Gasteiger partial charge < -0.3 is 29.6 Å². The number of ether oxygens (including phenoxy) is 2. The van der Waals surface area contributed by atoms with E-state index >= 15 is 0 Å². The number of benzene rings is 2. The number of hydrogen-bond donors (Lipinski definition) is 3. The Labute approximate surface area is 384 Å². The lowest BCUT2D eigenvalue weighted by molar-refractivity contribution is -0.384. The smallest absolute Gasteiger partial charge is 0.297 e. The Morgan fingerprint density at radius 2 is 1.76 bits per heavy atom. The van der Waals surface area contributed by atoms with Crippen LogP contribution in [0.2, 0.25) is 0 Å². The van der Waals surface area contributed by atoms with Gasteiger partial charge in [-0.3, -0.25) is 24.7 Å². The number of amides is 1. The molecule has 4 aliphatic heterocycles. The van der Waals surface area contributed by atoms with E-state index in [2.05, 4.69) is 75.9 Å². The molecule has 2 saturated carbocycles. The number of sulfonamides is 1. The minimum atomic E-state index is -4.67. The predicted octanol–water partition coefficient (Wildman–Crippen LogP) is 6.66. The van der Waals surface area contributed by atoms with Gasteiger partial charge in [0.1, 0.15) is 18.0 Å². The van der Waals surface area contributed by atoms with E-state index in [1.165, 1.54) is 50.8 Å². The van der Waals surface area contributed by atoms with Gasteiger partial charge in [-0.25, -0.2) is 23.1 Å². The number of likely N-dealkylation sites (N-methyl/N-ethyl adjacent to an activating group) is 1. The Morgan fingerprint density at radius 1 is 0.970 bits per heavy atom. The second-order valence-corrected chi connectivity index (χ2v) is 21.0. The SMILES string of the molecule is CN1CCN(C[C@H]2COc3cc(S(=O)(=O)NC(=O)c4ncc(N5CCC6(CC5)CC(N5CCCC5c5ccccc5C5CC5)C6)cc4Oc4cnc5[nH]ccc5c4)cc([N+](=O)[O-])c3N2)CC1. The zero-order valence-electron chi connectivity index (χ0n) is 37.2. The summed E-state index contributed by atoms with van der Waals surface area (Å²) >= 11 is 0. The Kier molecular flexibility index (Phi) is 11.1. The number of H-pyrrole nitrogens is 1. The number of fused-ring (bicyclic) bond motifs is 2. The number of hydrogen-bond acceptors (Lipinski definition) is 14. The number of aromatic amines is 1. The molecule has 1 unspecified atom stereocenters. The third-order valence-corrected chi connectivity index (χ3v) is 16.3. The van der Waals surface area contributed by atoms with Crippen molar-refractivity contribution in [2.45, 2.75) is 80.3 Å². The van der Waals surface area contributed by atoms with Crippen LogP contribution in [0.1, 0.15) is 84.9 Å². The number of carbonyl (C=O) groups is 1. The fourth-order valence-corrected chi connectivity index (χ4v) is 12.1. The third kappa shape index (κ3) is 8.43. The Morgan fingerprint density at radius 3 is 2.53 bits per heavy atom. The van der Waals surface area contributed by atoms with Crippen LogP contribution in [0.4, 0.5) is 17.1 Å². The summed E-state index contributed by atoms with van der Waals surface area (Å²) in [6, 6.07) is 17.5. The zero-order chi connectivity index (χ0) is 45.2. The summed E-state index contributed by atoms with van der Waals surface area (Å²) in [5.74, 6) is 0.0701. The van der Waals surface area contributed by atoms with Gasteiger partial charge in [0, 0.05) is 87.7 Å². The van der Waals surface area contributed by atoms with Crippen LogP contribution in [0.5, 0.6) is 17.2 Å². The highest BCUT2D eigenvalue weighted by Crippen LogP contribution is 2.55. The van der Waals surface area contributed by atoms with Crippen molar-refractivity contribution in [1.29, 1.82) is 0 Å². The lowest BCUT2D eigenvalue weighted by atomic mass is 9.59. The molecule has 1 amide bonds. The first-order chi connectivity index (χ1) is 32.0. The zero-order valence-corrected chi connectivity index (χ0v) is 38.0. The number of nitrogens with one attached hydrogen (secondary N) is 3. The predicted molar refractivity (Wildman–Crippen MR) is 249 cm³/mol. The van der Waals surface area contributed by atoms with Crippen molar-refractivity contribution >= 4 is 44.0 Å². The molecule has 1 spiro atoms. The van der Waals surface area contributed by atoms with Crippen LogP contribution in [0.25, 0.3) is 11.0 Å². The van der Waals surface area contributed by atoms with Gasteiger partial charge in [0.05, 0.1) is 33.9 Å². The average Bonchev–Trinajstić information content (AvgIpc) is 3.85. The minimum Gasteiger partial charge on any atom is -0.489 e. The normalized spacial score (nSPS) is 22.7.